The Labute approximate surface area is 156 Å². The molecule has 1 fully saturated rings. The Morgan fingerprint density at radius 2 is 2.04 bits per heavy atom. The largest absolute Gasteiger partial charge is 0.368 e. The zero-order chi connectivity index (χ0) is 19.0. The molecule has 2 N–H and O–H groups in total. The van der Waals surface area contributed by atoms with E-state index >= 15 is 0 Å². The third kappa shape index (κ3) is 3.39. The van der Waals surface area contributed by atoms with E-state index in [2.05, 4.69) is 0 Å². The van der Waals surface area contributed by atoms with Crippen LogP contribution in [0.3, 0.4) is 0 Å². The summed E-state index contributed by atoms with van der Waals surface area (Å²) in [5, 5.41) is 0.0317. The summed E-state index contributed by atoms with van der Waals surface area (Å²) in [6, 6.07) is 5.90. The molecule has 0 saturated carbocycles. The Morgan fingerprint density at radius 3 is 2.69 bits per heavy atom. The highest BCUT2D eigenvalue weighted by atomic mass is 35.5. The standard InChI is InChI=1S/C19H21ClFN3O2/c1-11-8-14(18(25)10-23-7-3-4-17(23)19(22)26)12(2)24(11)13-5-6-16(21)15(20)9-13/h5-6,8-9,17H,3-4,7,10H2,1-2H3,(H2,22,26). The summed E-state index contributed by atoms with van der Waals surface area (Å²) in [5.41, 5.74) is 8.30. The molecule has 0 bridgehead atoms. The molecule has 1 aromatic carbocycles. The van der Waals surface area contributed by atoms with Gasteiger partial charge in [-0.25, -0.2) is 4.39 Å². The van der Waals surface area contributed by atoms with Gasteiger partial charge in [0.2, 0.25) is 5.91 Å². The zero-order valence-corrected chi connectivity index (χ0v) is 15.5. The van der Waals surface area contributed by atoms with Crippen LogP contribution in [0.2, 0.25) is 5.02 Å². The van der Waals surface area contributed by atoms with Gasteiger partial charge in [-0.15, -0.1) is 0 Å². The molecule has 5 nitrogen and oxygen atoms in total. The number of aryl methyl sites for hydroxylation is 1. The average molecular weight is 378 g/mol. The van der Waals surface area contributed by atoms with E-state index in [1.807, 2.05) is 29.4 Å². The number of likely N-dealkylation sites (tertiary alicyclic amines) is 1. The van der Waals surface area contributed by atoms with Crippen LogP contribution in [0, 0.1) is 19.7 Å². The molecule has 1 unspecified atom stereocenters. The normalized spacial score (nSPS) is 17.6. The van der Waals surface area contributed by atoms with E-state index in [0.717, 1.165) is 17.8 Å². The molecule has 7 heteroatoms. The zero-order valence-electron chi connectivity index (χ0n) is 14.8. The fourth-order valence-corrected chi connectivity index (χ4v) is 3.85. The van der Waals surface area contributed by atoms with Crippen molar-refractivity contribution < 1.29 is 14.0 Å². The Morgan fingerprint density at radius 1 is 1.31 bits per heavy atom. The third-order valence-electron chi connectivity index (χ3n) is 4.93. The van der Waals surface area contributed by atoms with E-state index in [4.69, 9.17) is 17.3 Å². The molecule has 3 rings (SSSR count). The van der Waals surface area contributed by atoms with Gasteiger partial charge in [0.05, 0.1) is 17.6 Å². The van der Waals surface area contributed by atoms with Gasteiger partial charge >= 0.3 is 0 Å². The number of ketones is 1. The molecule has 1 aromatic heterocycles. The average Bonchev–Trinajstić information content (AvgIpc) is 3.15. The minimum Gasteiger partial charge on any atom is -0.368 e. The van der Waals surface area contributed by atoms with Gasteiger partial charge in [-0.05, 0) is 57.5 Å². The van der Waals surface area contributed by atoms with E-state index in [0.29, 0.717) is 24.2 Å². The van der Waals surface area contributed by atoms with Gasteiger partial charge in [0.25, 0.3) is 0 Å². The minimum atomic E-state index is -0.485. The van der Waals surface area contributed by atoms with Gasteiger partial charge < -0.3 is 10.3 Å². The van der Waals surface area contributed by atoms with E-state index in [9.17, 15) is 14.0 Å². The van der Waals surface area contributed by atoms with Crippen LogP contribution in [0.1, 0.15) is 34.6 Å². The van der Waals surface area contributed by atoms with E-state index in [-0.39, 0.29) is 29.3 Å². The molecule has 0 spiro atoms. The van der Waals surface area contributed by atoms with Crippen molar-refractivity contribution in [3.8, 4) is 5.69 Å². The maximum atomic E-state index is 13.4. The van der Waals surface area contributed by atoms with Crippen LogP contribution in [0.5, 0.6) is 0 Å². The number of primary amides is 1. The number of Topliss-reactive ketones (excluding diaryl/α,β-unsaturated/α-hetero) is 1. The molecule has 1 aliphatic heterocycles. The molecular weight excluding hydrogens is 357 g/mol. The highest BCUT2D eigenvalue weighted by molar-refractivity contribution is 6.30. The molecule has 1 saturated heterocycles. The van der Waals surface area contributed by atoms with Crippen LogP contribution in [-0.2, 0) is 4.79 Å². The number of hydrogen-bond donors (Lipinski definition) is 1. The molecule has 2 aromatic rings. The van der Waals surface area contributed by atoms with Crippen LogP contribution >= 0.6 is 11.6 Å². The number of nitrogens with zero attached hydrogens (tertiary/aromatic N) is 2. The van der Waals surface area contributed by atoms with Crippen molar-refractivity contribution in [3.05, 3.63) is 52.1 Å². The number of rotatable bonds is 5. The smallest absolute Gasteiger partial charge is 0.234 e. The van der Waals surface area contributed by atoms with Gasteiger partial charge in [-0.3, -0.25) is 14.5 Å². The minimum absolute atomic E-state index is 0.0317. The summed E-state index contributed by atoms with van der Waals surface area (Å²) >= 11 is 5.89. The molecular formula is C19H21ClFN3O2. The van der Waals surface area contributed by atoms with E-state index in [1.54, 1.807) is 6.07 Å². The Bertz CT molecular complexity index is 878. The highest BCUT2D eigenvalue weighted by Gasteiger charge is 2.31. The van der Waals surface area contributed by atoms with Crippen molar-refractivity contribution in [1.82, 2.24) is 9.47 Å². The van der Waals surface area contributed by atoms with Crippen molar-refractivity contribution in [2.75, 3.05) is 13.1 Å². The lowest BCUT2D eigenvalue weighted by atomic mass is 10.1. The van der Waals surface area contributed by atoms with Gasteiger partial charge in [-0.1, -0.05) is 11.6 Å². The SMILES string of the molecule is Cc1cc(C(=O)CN2CCCC2C(N)=O)c(C)n1-c1ccc(F)c(Cl)c1. The predicted octanol–water partition coefficient (Wildman–Crippen LogP) is 3.02. The maximum absolute atomic E-state index is 13.4. The highest BCUT2D eigenvalue weighted by Crippen LogP contribution is 2.26. The van der Waals surface area contributed by atoms with Gasteiger partial charge in [0.15, 0.2) is 5.78 Å². The number of carbonyl (C=O) groups is 2. The van der Waals surface area contributed by atoms with Gasteiger partial charge in [0.1, 0.15) is 5.82 Å². The molecule has 2 heterocycles. The maximum Gasteiger partial charge on any atom is 0.234 e. The summed E-state index contributed by atoms with van der Waals surface area (Å²) < 4.78 is 15.3. The summed E-state index contributed by atoms with van der Waals surface area (Å²) in [7, 11) is 0. The van der Waals surface area contributed by atoms with E-state index < -0.39 is 5.82 Å². The Balaban J connectivity index is 1.88. The molecule has 138 valence electrons. The number of amides is 1. The first-order valence-corrected chi connectivity index (χ1v) is 8.88. The van der Waals surface area contributed by atoms with Crippen molar-refractivity contribution >= 4 is 23.3 Å². The number of halogens is 2. The summed E-state index contributed by atoms with van der Waals surface area (Å²) in [5.74, 6) is -0.937. The second-order valence-corrected chi connectivity index (χ2v) is 7.08. The first kappa shape index (κ1) is 18.6. The van der Waals surface area contributed by atoms with Gasteiger partial charge in [-0.2, -0.15) is 0 Å². The quantitative estimate of drug-likeness (QED) is 0.814. The lowest BCUT2D eigenvalue weighted by Crippen LogP contribution is -2.42. The summed E-state index contributed by atoms with van der Waals surface area (Å²) in [6.07, 6.45) is 1.55. The fourth-order valence-electron chi connectivity index (χ4n) is 3.67. The number of benzene rings is 1. The van der Waals surface area contributed by atoms with Crippen LogP contribution in [0.25, 0.3) is 5.69 Å². The summed E-state index contributed by atoms with van der Waals surface area (Å²) in [6.45, 7) is 4.56. The van der Waals surface area contributed by atoms with E-state index in [1.165, 1.54) is 12.1 Å². The lowest BCUT2D eigenvalue weighted by Gasteiger charge is -2.20. The van der Waals surface area contributed by atoms with Crippen molar-refractivity contribution in [1.29, 1.82) is 0 Å². The first-order valence-electron chi connectivity index (χ1n) is 8.50. The lowest BCUT2D eigenvalue weighted by molar-refractivity contribution is -0.122. The molecule has 1 amide bonds. The number of hydrogen-bond acceptors (Lipinski definition) is 3. The number of carbonyl (C=O) groups excluding carboxylic acids is 2. The molecule has 0 radical (unpaired) electrons. The molecule has 26 heavy (non-hydrogen) atoms. The Hall–Kier alpha value is -2.18. The van der Waals surface area contributed by atoms with Crippen molar-refractivity contribution in [3.63, 3.8) is 0 Å². The van der Waals surface area contributed by atoms with Crippen molar-refractivity contribution in [2.45, 2.75) is 32.7 Å². The topological polar surface area (TPSA) is 68.3 Å². The van der Waals surface area contributed by atoms with Crippen LogP contribution in [-0.4, -0.2) is 40.3 Å². The monoisotopic (exact) mass is 377 g/mol. The number of nitrogens with two attached hydrogens (primary N) is 1. The van der Waals surface area contributed by atoms with Crippen LogP contribution < -0.4 is 5.73 Å². The van der Waals surface area contributed by atoms with Gasteiger partial charge in [0, 0.05) is 22.6 Å². The Kier molecular flexibility index (Phi) is 5.16. The van der Waals surface area contributed by atoms with Crippen LogP contribution in [0.15, 0.2) is 24.3 Å². The fraction of sp³-hybridized carbons (Fsp3) is 0.368. The predicted molar refractivity (Wildman–Crippen MR) is 98.3 cm³/mol. The summed E-state index contributed by atoms with van der Waals surface area (Å²) in [4.78, 5) is 26.2. The number of aromatic nitrogens is 1. The third-order valence-corrected chi connectivity index (χ3v) is 5.22. The van der Waals surface area contributed by atoms with Crippen LogP contribution in [0.4, 0.5) is 4.39 Å². The second kappa shape index (κ2) is 7.21. The second-order valence-electron chi connectivity index (χ2n) is 6.67. The molecule has 0 aliphatic carbocycles. The van der Waals surface area contributed by atoms with Crippen molar-refractivity contribution in [2.24, 2.45) is 5.73 Å². The first-order chi connectivity index (χ1) is 12.3. The molecule has 1 aliphatic rings. The molecule has 1 atom stereocenters.